The zero-order chi connectivity index (χ0) is 20.0. The van der Waals surface area contributed by atoms with E-state index in [-0.39, 0.29) is 17.7 Å². The molecule has 0 saturated carbocycles. The van der Waals surface area contributed by atoms with Crippen LogP contribution in [-0.2, 0) is 11.3 Å². The second-order valence-corrected chi connectivity index (χ2v) is 6.47. The average molecular weight is 387 g/mol. The third-order valence-corrected chi connectivity index (χ3v) is 4.59. The van der Waals surface area contributed by atoms with E-state index in [0.717, 1.165) is 5.39 Å². The number of fused-ring (bicyclic) bond motifs is 4. The fourth-order valence-electron chi connectivity index (χ4n) is 3.23. The molecule has 1 amide bonds. The first-order valence-electron chi connectivity index (χ1n) is 8.74. The molecule has 0 unspecified atom stereocenters. The molecule has 9 nitrogen and oxygen atoms in total. The third-order valence-electron chi connectivity index (χ3n) is 4.59. The largest absolute Gasteiger partial charge is 0.448 e. The van der Waals surface area contributed by atoms with Crippen LogP contribution in [0.25, 0.3) is 33.0 Å². The monoisotopic (exact) mass is 387 g/mol. The van der Waals surface area contributed by atoms with Gasteiger partial charge in [-0.25, -0.2) is 9.97 Å². The van der Waals surface area contributed by atoms with E-state index in [0.29, 0.717) is 27.7 Å². The molecule has 2 N–H and O–H groups in total. The van der Waals surface area contributed by atoms with Crippen molar-refractivity contribution in [2.45, 2.75) is 6.54 Å². The Morgan fingerprint density at radius 3 is 2.86 bits per heavy atom. The topological polar surface area (TPSA) is 123 Å². The highest BCUT2D eigenvalue weighted by atomic mass is 16.3. The number of aromatic amines is 1. The summed E-state index contributed by atoms with van der Waals surface area (Å²) in [4.78, 5) is 47.8. The van der Waals surface area contributed by atoms with Gasteiger partial charge in [0.25, 0.3) is 11.1 Å². The summed E-state index contributed by atoms with van der Waals surface area (Å²) in [7, 11) is 0. The maximum Gasteiger partial charge on any atom is 0.297 e. The van der Waals surface area contributed by atoms with Crippen LogP contribution in [0.1, 0.15) is 0 Å². The molecule has 0 aliphatic heterocycles. The normalized spacial score (nSPS) is 11.3. The molecule has 142 valence electrons. The zero-order valence-electron chi connectivity index (χ0n) is 14.9. The molecule has 0 spiro atoms. The van der Waals surface area contributed by atoms with Crippen molar-refractivity contribution in [3.8, 4) is 0 Å². The van der Waals surface area contributed by atoms with E-state index >= 15 is 0 Å². The molecule has 0 radical (unpaired) electrons. The Morgan fingerprint density at radius 1 is 1.10 bits per heavy atom. The van der Waals surface area contributed by atoms with Gasteiger partial charge in [0, 0.05) is 11.1 Å². The standard InChI is InChI=1S/C20H13N5O4/c26-16(24-11-5-6-14-13(7-11)19(27)22-9-21-14)8-25-10-23-17-12-3-1-2-4-15(12)29-18(17)20(25)28/h1-7,9-10H,8H2,(H,24,26)(H,21,22,27). The molecule has 2 aromatic carbocycles. The van der Waals surface area contributed by atoms with Crippen molar-refractivity contribution in [2.24, 2.45) is 0 Å². The van der Waals surface area contributed by atoms with Crippen molar-refractivity contribution < 1.29 is 9.21 Å². The number of para-hydroxylation sites is 1. The lowest BCUT2D eigenvalue weighted by Gasteiger charge is -2.07. The van der Waals surface area contributed by atoms with Gasteiger partial charge in [0.2, 0.25) is 11.5 Å². The van der Waals surface area contributed by atoms with Crippen molar-refractivity contribution >= 4 is 44.6 Å². The molecule has 5 rings (SSSR count). The van der Waals surface area contributed by atoms with Crippen LogP contribution in [0.3, 0.4) is 0 Å². The van der Waals surface area contributed by atoms with Crippen LogP contribution in [0.5, 0.6) is 0 Å². The highest BCUT2D eigenvalue weighted by Crippen LogP contribution is 2.24. The number of furan rings is 1. The van der Waals surface area contributed by atoms with E-state index in [1.54, 1.807) is 24.3 Å². The van der Waals surface area contributed by atoms with E-state index in [1.807, 2.05) is 12.1 Å². The molecule has 29 heavy (non-hydrogen) atoms. The number of carbonyl (C=O) groups excluding carboxylic acids is 1. The van der Waals surface area contributed by atoms with Gasteiger partial charge in [0.1, 0.15) is 17.6 Å². The number of hydrogen-bond acceptors (Lipinski definition) is 6. The Bertz CT molecular complexity index is 1530. The Kier molecular flexibility index (Phi) is 3.73. The molecule has 3 heterocycles. The molecule has 0 aliphatic rings. The van der Waals surface area contributed by atoms with Gasteiger partial charge in [-0.3, -0.25) is 19.0 Å². The predicted octanol–water partition coefficient (Wildman–Crippen LogP) is 2.02. The fraction of sp³-hybridized carbons (Fsp3) is 0.0500. The van der Waals surface area contributed by atoms with Crippen molar-refractivity contribution in [3.05, 3.63) is 75.8 Å². The van der Waals surface area contributed by atoms with Gasteiger partial charge in [-0.2, -0.15) is 0 Å². The second kappa shape index (κ2) is 6.41. The van der Waals surface area contributed by atoms with E-state index in [9.17, 15) is 14.4 Å². The average Bonchev–Trinajstić information content (AvgIpc) is 3.10. The highest BCUT2D eigenvalue weighted by Gasteiger charge is 2.14. The van der Waals surface area contributed by atoms with Crippen molar-refractivity contribution in [2.75, 3.05) is 5.32 Å². The fourth-order valence-corrected chi connectivity index (χ4v) is 3.23. The molecule has 0 atom stereocenters. The number of benzene rings is 2. The van der Waals surface area contributed by atoms with Crippen LogP contribution in [0.4, 0.5) is 5.69 Å². The third kappa shape index (κ3) is 2.85. The van der Waals surface area contributed by atoms with Crippen molar-refractivity contribution in [1.82, 2.24) is 19.5 Å². The van der Waals surface area contributed by atoms with Crippen LogP contribution in [-0.4, -0.2) is 25.4 Å². The minimum Gasteiger partial charge on any atom is -0.448 e. The van der Waals surface area contributed by atoms with E-state index < -0.39 is 11.5 Å². The van der Waals surface area contributed by atoms with Crippen LogP contribution in [0.2, 0.25) is 0 Å². The summed E-state index contributed by atoms with van der Waals surface area (Å²) in [5, 5.41) is 3.77. The van der Waals surface area contributed by atoms with E-state index in [1.165, 1.54) is 23.3 Å². The summed E-state index contributed by atoms with van der Waals surface area (Å²) in [5.74, 6) is -0.441. The molecule has 9 heteroatoms. The van der Waals surface area contributed by atoms with Crippen molar-refractivity contribution in [1.29, 1.82) is 0 Å². The van der Waals surface area contributed by atoms with Crippen LogP contribution >= 0.6 is 0 Å². The number of nitrogens with one attached hydrogen (secondary N) is 2. The van der Waals surface area contributed by atoms with Crippen LogP contribution < -0.4 is 16.4 Å². The van der Waals surface area contributed by atoms with Crippen LogP contribution in [0.15, 0.2) is 69.1 Å². The van der Waals surface area contributed by atoms with Gasteiger partial charge >= 0.3 is 0 Å². The summed E-state index contributed by atoms with van der Waals surface area (Å²) in [6.45, 7) is -0.250. The summed E-state index contributed by atoms with van der Waals surface area (Å²) in [5.41, 5.74) is 1.31. The first-order valence-corrected chi connectivity index (χ1v) is 8.74. The number of H-pyrrole nitrogens is 1. The summed E-state index contributed by atoms with van der Waals surface area (Å²) >= 11 is 0. The van der Waals surface area contributed by atoms with Gasteiger partial charge in [0.05, 0.1) is 23.6 Å². The highest BCUT2D eigenvalue weighted by molar-refractivity contribution is 6.01. The minimum atomic E-state index is -0.444. The number of rotatable bonds is 3. The maximum atomic E-state index is 12.7. The first-order chi connectivity index (χ1) is 14.1. The van der Waals surface area contributed by atoms with Crippen LogP contribution in [0, 0.1) is 0 Å². The number of hydrogen-bond donors (Lipinski definition) is 2. The summed E-state index contributed by atoms with van der Waals surface area (Å²) < 4.78 is 6.79. The Hall–Kier alpha value is -4.27. The number of carbonyl (C=O) groups is 1. The predicted molar refractivity (Wildman–Crippen MR) is 107 cm³/mol. The molecular formula is C20H13N5O4. The smallest absolute Gasteiger partial charge is 0.297 e. The van der Waals surface area contributed by atoms with E-state index in [4.69, 9.17) is 4.42 Å². The molecular weight excluding hydrogens is 374 g/mol. The SMILES string of the molecule is O=C(Cn1cnc2c(oc3ccccc32)c1=O)Nc1ccc2nc[nH]c(=O)c2c1. The van der Waals surface area contributed by atoms with Crippen molar-refractivity contribution in [3.63, 3.8) is 0 Å². The molecule has 0 bridgehead atoms. The van der Waals surface area contributed by atoms with E-state index in [2.05, 4.69) is 20.3 Å². The van der Waals surface area contributed by atoms with Gasteiger partial charge in [0.15, 0.2) is 0 Å². The lowest BCUT2D eigenvalue weighted by Crippen LogP contribution is -2.27. The summed E-state index contributed by atoms with van der Waals surface area (Å²) in [6.07, 6.45) is 2.64. The molecule has 3 aromatic heterocycles. The number of amides is 1. The second-order valence-electron chi connectivity index (χ2n) is 6.47. The van der Waals surface area contributed by atoms with Gasteiger partial charge in [-0.15, -0.1) is 0 Å². The minimum absolute atomic E-state index is 0.102. The number of anilines is 1. The first kappa shape index (κ1) is 16.9. The quantitative estimate of drug-likeness (QED) is 0.488. The Morgan fingerprint density at radius 2 is 1.97 bits per heavy atom. The lowest BCUT2D eigenvalue weighted by atomic mass is 10.2. The Balaban J connectivity index is 1.45. The van der Waals surface area contributed by atoms with Gasteiger partial charge < -0.3 is 14.7 Å². The van der Waals surface area contributed by atoms with Gasteiger partial charge in [-0.05, 0) is 30.3 Å². The molecule has 0 saturated heterocycles. The molecule has 5 aromatic rings. The molecule has 0 aliphatic carbocycles. The summed E-state index contributed by atoms with van der Waals surface area (Å²) in [6, 6.07) is 12.0. The van der Waals surface area contributed by atoms with Gasteiger partial charge in [-0.1, -0.05) is 12.1 Å². The Labute approximate surface area is 161 Å². The zero-order valence-corrected chi connectivity index (χ0v) is 14.9. The number of aromatic nitrogens is 4. The lowest BCUT2D eigenvalue weighted by molar-refractivity contribution is -0.116. The molecule has 0 fully saturated rings. The number of nitrogens with zero attached hydrogens (tertiary/aromatic N) is 3. The maximum absolute atomic E-state index is 12.7.